The van der Waals surface area contributed by atoms with Gasteiger partial charge in [-0.3, -0.25) is 9.59 Å². The molecule has 0 radical (unpaired) electrons. The molecule has 0 saturated heterocycles. The molecule has 1 aromatic carbocycles. The second-order valence-corrected chi connectivity index (χ2v) is 9.30. The van der Waals surface area contributed by atoms with Crippen LogP contribution in [0.1, 0.15) is 67.4 Å². The first kappa shape index (κ1) is 33.7. The number of nitrogens with one attached hydrogen (secondary N) is 2. The van der Waals surface area contributed by atoms with Crippen LogP contribution < -0.4 is 16.4 Å². The average molecular weight is 513 g/mol. The minimum atomic E-state index is -0.776. The minimum Gasteiger partial charge on any atom is -0.512 e. The number of carbonyl (C=O) groups is 2. The van der Waals surface area contributed by atoms with E-state index >= 15 is 0 Å². The van der Waals surface area contributed by atoms with Gasteiger partial charge in [-0.05, 0) is 37.1 Å². The van der Waals surface area contributed by atoms with Crippen molar-refractivity contribution >= 4 is 17.5 Å². The lowest BCUT2D eigenvalue weighted by Gasteiger charge is -2.21. The summed E-state index contributed by atoms with van der Waals surface area (Å²) in [5.74, 6) is -0.300. The highest BCUT2D eigenvalue weighted by atomic mass is 16.3. The summed E-state index contributed by atoms with van der Waals surface area (Å²) in [4.78, 5) is 27.1. The van der Waals surface area contributed by atoms with E-state index in [0.717, 1.165) is 5.56 Å². The first-order valence-corrected chi connectivity index (χ1v) is 13.1. The Balaban J connectivity index is 0.00000308. The maximum absolute atomic E-state index is 12.8. The number of anilines is 1. The Kier molecular flexibility index (Phi) is 15.6. The predicted octanol–water partition coefficient (Wildman–Crippen LogP) is 5.83. The summed E-state index contributed by atoms with van der Waals surface area (Å²) >= 11 is 0. The van der Waals surface area contributed by atoms with Crippen LogP contribution in [0.25, 0.3) is 0 Å². The fourth-order valence-corrected chi connectivity index (χ4v) is 3.00. The highest BCUT2D eigenvalue weighted by molar-refractivity contribution is 6.03. The fraction of sp³-hybridized carbons (Fsp3) is 0.467. The zero-order valence-electron chi connectivity index (χ0n) is 24.1. The van der Waals surface area contributed by atoms with Gasteiger partial charge in [0.05, 0.1) is 18.3 Å². The highest BCUT2D eigenvalue weighted by Gasteiger charge is 2.18. The molecule has 206 valence electrons. The number of nitrogens with two attached hydrogens (primary N) is 1. The number of benzene rings is 1. The maximum atomic E-state index is 12.8. The molecule has 1 aliphatic heterocycles. The van der Waals surface area contributed by atoms with Crippen LogP contribution in [0, 0.1) is 5.41 Å². The van der Waals surface area contributed by atoms with Crippen molar-refractivity contribution in [2.45, 2.75) is 80.4 Å². The topological polar surface area (TPSA) is 108 Å². The molecule has 1 aliphatic rings. The third kappa shape index (κ3) is 13.0. The van der Waals surface area contributed by atoms with E-state index in [2.05, 4.69) is 23.6 Å². The van der Waals surface area contributed by atoms with Gasteiger partial charge in [0, 0.05) is 36.0 Å². The van der Waals surface area contributed by atoms with E-state index in [1.165, 1.54) is 6.08 Å². The van der Waals surface area contributed by atoms with Crippen molar-refractivity contribution < 1.29 is 14.7 Å². The molecule has 1 heterocycles. The van der Waals surface area contributed by atoms with Gasteiger partial charge in [-0.25, -0.2) is 0 Å². The smallest absolute Gasteiger partial charge is 0.253 e. The number of aliphatic hydroxyl groups is 1. The first-order chi connectivity index (χ1) is 17.5. The van der Waals surface area contributed by atoms with E-state index in [9.17, 15) is 14.7 Å². The van der Waals surface area contributed by atoms with E-state index < -0.39 is 11.6 Å². The molecule has 2 unspecified atom stereocenters. The van der Waals surface area contributed by atoms with Gasteiger partial charge in [-0.1, -0.05) is 84.9 Å². The number of rotatable bonds is 6. The molecule has 2 rings (SSSR count). The molecular formula is C30H48N4O3. The Morgan fingerprint density at radius 2 is 1.73 bits per heavy atom. The van der Waals surface area contributed by atoms with Crippen LogP contribution in [0.15, 0.2) is 72.2 Å². The van der Waals surface area contributed by atoms with Crippen molar-refractivity contribution in [3.63, 3.8) is 0 Å². The molecule has 1 aromatic rings. The Morgan fingerprint density at radius 1 is 1.14 bits per heavy atom. The van der Waals surface area contributed by atoms with E-state index in [1.54, 1.807) is 24.3 Å². The fourth-order valence-electron chi connectivity index (χ4n) is 3.00. The lowest BCUT2D eigenvalue weighted by Crippen LogP contribution is -2.41. The number of carbonyl (C=O) groups excluding carboxylic acids is 2. The van der Waals surface area contributed by atoms with Gasteiger partial charge in [-0.2, -0.15) is 0 Å². The zero-order valence-corrected chi connectivity index (χ0v) is 24.1. The summed E-state index contributed by atoms with van der Waals surface area (Å²) in [6.45, 7) is 15.6. The Bertz CT molecular complexity index is 954. The number of aliphatic hydroxyl groups excluding tert-OH is 1. The molecule has 2 atom stereocenters. The van der Waals surface area contributed by atoms with Crippen molar-refractivity contribution in [3.05, 3.63) is 77.7 Å². The molecule has 0 aromatic heterocycles. The summed E-state index contributed by atoms with van der Waals surface area (Å²) in [6.07, 6.45) is 11.2. The summed E-state index contributed by atoms with van der Waals surface area (Å²) in [5, 5.41) is 15.6. The Hall–Kier alpha value is -3.32. The lowest BCUT2D eigenvalue weighted by molar-refractivity contribution is -0.120. The van der Waals surface area contributed by atoms with Gasteiger partial charge in [0.15, 0.2) is 0 Å². The van der Waals surface area contributed by atoms with Gasteiger partial charge in [0.2, 0.25) is 5.91 Å². The number of amides is 2. The summed E-state index contributed by atoms with van der Waals surface area (Å²) in [5.41, 5.74) is 7.55. The van der Waals surface area contributed by atoms with Gasteiger partial charge >= 0.3 is 0 Å². The molecule has 0 saturated carbocycles. The van der Waals surface area contributed by atoms with Crippen LogP contribution >= 0.6 is 0 Å². The molecule has 2 amide bonds. The normalized spacial score (nSPS) is 19.5. The lowest BCUT2D eigenvalue weighted by atomic mass is 9.93. The standard InChI is InChI=1S/C26H36N4O3.2C2H6/c1-18-9-7-6-8-10-20(17-30(18)5)25(33)28-21-13-11-19(12-14-21)15-24(32)29-23(27)16-22(31)26(2,3)4;2*1-2/h6-9,11-14,16-18,23,31H,10,15,27H2,1-5H3,(H,28,33)(H,29,32);2*1-2H3/b8-6-,9-7-,20-17+,22-16-;;. The number of nitrogens with zero attached hydrogens (tertiary/aromatic N) is 1. The summed E-state index contributed by atoms with van der Waals surface area (Å²) < 4.78 is 0. The van der Waals surface area contributed by atoms with E-state index in [1.807, 2.05) is 84.8 Å². The molecule has 37 heavy (non-hydrogen) atoms. The number of likely N-dealkylation sites (N-methyl/N-ethyl adjacent to an activating group) is 1. The van der Waals surface area contributed by atoms with Crippen molar-refractivity contribution in [1.29, 1.82) is 0 Å². The minimum absolute atomic E-state index is 0.123. The van der Waals surface area contributed by atoms with Gasteiger partial charge < -0.3 is 26.4 Å². The molecule has 0 aliphatic carbocycles. The maximum Gasteiger partial charge on any atom is 0.253 e. The van der Waals surface area contributed by atoms with E-state index in [-0.39, 0.29) is 30.0 Å². The Morgan fingerprint density at radius 3 is 2.30 bits per heavy atom. The quantitative estimate of drug-likeness (QED) is 0.283. The van der Waals surface area contributed by atoms with Crippen LogP contribution in [0.3, 0.4) is 0 Å². The summed E-state index contributed by atoms with van der Waals surface area (Å²) in [7, 11) is 1.94. The third-order valence-corrected chi connectivity index (χ3v) is 5.28. The highest BCUT2D eigenvalue weighted by Crippen LogP contribution is 2.22. The van der Waals surface area contributed by atoms with Crippen LogP contribution in [0.2, 0.25) is 0 Å². The molecule has 5 N–H and O–H groups in total. The Labute approximate surface area is 224 Å². The first-order valence-electron chi connectivity index (χ1n) is 13.1. The van der Waals surface area contributed by atoms with Crippen LogP contribution in [0.5, 0.6) is 0 Å². The van der Waals surface area contributed by atoms with Gasteiger partial charge in [-0.15, -0.1) is 0 Å². The van der Waals surface area contributed by atoms with Crippen LogP contribution in [-0.4, -0.2) is 41.1 Å². The summed E-state index contributed by atoms with van der Waals surface area (Å²) in [6, 6.07) is 7.30. The molecule has 0 spiro atoms. The van der Waals surface area contributed by atoms with Crippen molar-refractivity contribution in [3.8, 4) is 0 Å². The zero-order chi connectivity index (χ0) is 28.6. The molecule has 7 nitrogen and oxygen atoms in total. The monoisotopic (exact) mass is 512 g/mol. The predicted molar refractivity (Wildman–Crippen MR) is 156 cm³/mol. The van der Waals surface area contributed by atoms with E-state index in [0.29, 0.717) is 17.7 Å². The number of hydrogen-bond donors (Lipinski definition) is 4. The molecule has 0 fully saturated rings. The second-order valence-electron chi connectivity index (χ2n) is 9.30. The average Bonchev–Trinajstić information content (AvgIpc) is 2.93. The number of hydrogen-bond acceptors (Lipinski definition) is 5. The van der Waals surface area contributed by atoms with Crippen LogP contribution in [-0.2, 0) is 16.0 Å². The van der Waals surface area contributed by atoms with Crippen molar-refractivity contribution in [2.24, 2.45) is 11.1 Å². The van der Waals surface area contributed by atoms with Crippen LogP contribution in [0.4, 0.5) is 5.69 Å². The van der Waals surface area contributed by atoms with Gasteiger partial charge in [0.1, 0.15) is 0 Å². The van der Waals surface area contributed by atoms with Crippen molar-refractivity contribution in [2.75, 3.05) is 12.4 Å². The SMILES string of the molecule is CC.CC.CC1/C=C\C=C/C/C(C(=O)Nc2ccc(CC(=O)NC(N)/C=C(\O)C(C)(C)C)cc2)=C\N1C. The second kappa shape index (κ2) is 17.2. The van der Waals surface area contributed by atoms with Gasteiger partial charge in [0.25, 0.3) is 5.91 Å². The number of allylic oxidation sites excluding steroid dienone is 4. The van der Waals surface area contributed by atoms with Crippen molar-refractivity contribution in [1.82, 2.24) is 10.2 Å². The molecular weight excluding hydrogens is 464 g/mol. The molecule has 0 bridgehead atoms. The van der Waals surface area contributed by atoms with E-state index in [4.69, 9.17) is 5.73 Å². The third-order valence-electron chi connectivity index (χ3n) is 5.28. The molecule has 7 heteroatoms. The largest absolute Gasteiger partial charge is 0.512 e.